The van der Waals surface area contributed by atoms with Crippen LogP contribution in [0.3, 0.4) is 0 Å². The summed E-state index contributed by atoms with van der Waals surface area (Å²) in [5.74, 6) is -0.00412. The summed E-state index contributed by atoms with van der Waals surface area (Å²) in [5.41, 5.74) is 1.73. The van der Waals surface area contributed by atoms with Crippen LogP contribution in [-0.4, -0.2) is 17.0 Å². The van der Waals surface area contributed by atoms with Crippen LogP contribution in [0.4, 0.5) is 0 Å². The molecule has 19 heavy (non-hydrogen) atoms. The van der Waals surface area contributed by atoms with E-state index < -0.39 is 6.10 Å². The summed E-state index contributed by atoms with van der Waals surface area (Å²) >= 11 is 3.51. The van der Waals surface area contributed by atoms with E-state index in [2.05, 4.69) is 15.9 Å². The Bertz CT molecular complexity index is 595. The number of ketones is 1. The zero-order chi connectivity index (χ0) is 13.5. The molecule has 0 fully saturated rings. The highest BCUT2D eigenvalue weighted by molar-refractivity contribution is 9.11. The zero-order valence-electron chi connectivity index (χ0n) is 10.2. The second-order valence-electron chi connectivity index (χ2n) is 4.92. The van der Waals surface area contributed by atoms with Gasteiger partial charge in [-0.05, 0) is 29.7 Å². The van der Waals surface area contributed by atoms with Crippen LogP contribution >= 0.6 is 15.9 Å². The summed E-state index contributed by atoms with van der Waals surface area (Å²) in [7, 11) is 0. The summed E-state index contributed by atoms with van der Waals surface area (Å²) in [6.45, 7) is 0. The van der Waals surface area contributed by atoms with Crippen molar-refractivity contribution in [1.82, 2.24) is 0 Å². The summed E-state index contributed by atoms with van der Waals surface area (Å²) < 4.78 is 0.808. The van der Waals surface area contributed by atoms with E-state index in [4.69, 9.17) is 0 Å². The van der Waals surface area contributed by atoms with E-state index in [1.165, 1.54) is 0 Å². The molecule has 1 aromatic rings. The molecule has 1 atom stereocenters. The zero-order valence-corrected chi connectivity index (χ0v) is 11.8. The first-order chi connectivity index (χ1) is 9.12. The summed E-state index contributed by atoms with van der Waals surface area (Å²) in [5, 5.41) is 10.2. The number of hydrogen-bond donors (Lipinski definition) is 1. The van der Waals surface area contributed by atoms with Crippen LogP contribution in [-0.2, 0) is 4.79 Å². The maximum absolute atomic E-state index is 11.3. The fraction of sp³-hybridized carbons (Fsp3) is 0.188. The SMILES string of the molecule is O=C1C=CC2(C=C1)CC(O)C(Br)=C2c1ccccc1. The van der Waals surface area contributed by atoms with Gasteiger partial charge in [0, 0.05) is 9.90 Å². The molecule has 2 aliphatic rings. The second kappa shape index (κ2) is 4.58. The van der Waals surface area contributed by atoms with Gasteiger partial charge in [-0.2, -0.15) is 0 Å². The Labute approximate surface area is 120 Å². The summed E-state index contributed by atoms with van der Waals surface area (Å²) in [4.78, 5) is 11.3. The van der Waals surface area contributed by atoms with Gasteiger partial charge in [0.15, 0.2) is 5.78 Å². The van der Waals surface area contributed by atoms with Gasteiger partial charge >= 0.3 is 0 Å². The third-order valence-electron chi connectivity index (χ3n) is 3.68. The minimum atomic E-state index is -0.530. The number of carbonyl (C=O) groups is 1. The first kappa shape index (κ1) is 12.6. The Kier molecular flexibility index (Phi) is 3.03. The topological polar surface area (TPSA) is 37.3 Å². The lowest BCUT2D eigenvalue weighted by Gasteiger charge is -2.27. The Morgan fingerprint density at radius 1 is 1.16 bits per heavy atom. The van der Waals surface area contributed by atoms with Crippen LogP contribution in [0.5, 0.6) is 0 Å². The molecule has 3 heteroatoms. The smallest absolute Gasteiger partial charge is 0.178 e. The van der Waals surface area contributed by atoms with Crippen LogP contribution in [0.25, 0.3) is 5.57 Å². The van der Waals surface area contributed by atoms with Gasteiger partial charge in [-0.15, -0.1) is 0 Å². The normalized spacial score (nSPS) is 24.5. The molecule has 1 N–H and O–H groups in total. The van der Waals surface area contributed by atoms with Crippen LogP contribution in [0.1, 0.15) is 12.0 Å². The number of halogens is 1. The lowest BCUT2D eigenvalue weighted by molar-refractivity contribution is -0.110. The first-order valence-electron chi connectivity index (χ1n) is 6.18. The molecule has 0 saturated heterocycles. The predicted octanol–water partition coefficient (Wildman–Crippen LogP) is 3.24. The van der Waals surface area contributed by atoms with E-state index in [1.807, 2.05) is 42.5 Å². The average molecular weight is 317 g/mol. The van der Waals surface area contributed by atoms with Crippen molar-refractivity contribution >= 4 is 27.3 Å². The van der Waals surface area contributed by atoms with E-state index in [9.17, 15) is 9.90 Å². The van der Waals surface area contributed by atoms with Crippen molar-refractivity contribution in [1.29, 1.82) is 0 Å². The van der Waals surface area contributed by atoms with E-state index in [1.54, 1.807) is 12.2 Å². The standard InChI is InChI=1S/C16H13BrO2/c17-15-13(19)10-16(8-6-12(18)7-9-16)14(15)11-4-2-1-3-5-11/h1-9,13,19H,10H2. The molecule has 0 aliphatic heterocycles. The molecule has 1 aromatic carbocycles. The van der Waals surface area contributed by atoms with Gasteiger partial charge in [0.1, 0.15) is 0 Å². The molecule has 0 bridgehead atoms. The second-order valence-corrected chi connectivity index (χ2v) is 5.77. The van der Waals surface area contributed by atoms with Crippen LogP contribution in [0, 0.1) is 5.41 Å². The van der Waals surface area contributed by atoms with Crippen LogP contribution < -0.4 is 0 Å². The molecule has 3 rings (SSSR count). The molecular weight excluding hydrogens is 304 g/mol. The minimum absolute atomic E-state index is 0.00412. The molecule has 0 amide bonds. The molecule has 2 nitrogen and oxygen atoms in total. The van der Waals surface area contributed by atoms with E-state index >= 15 is 0 Å². The van der Waals surface area contributed by atoms with E-state index in [0.717, 1.165) is 15.6 Å². The molecular formula is C16H13BrO2. The number of rotatable bonds is 1. The van der Waals surface area contributed by atoms with Crippen molar-refractivity contribution in [3.8, 4) is 0 Å². The number of aliphatic hydroxyl groups is 1. The van der Waals surface area contributed by atoms with Gasteiger partial charge in [0.05, 0.1) is 6.10 Å². The minimum Gasteiger partial charge on any atom is -0.388 e. The number of carbonyl (C=O) groups excluding carboxylic acids is 1. The molecule has 1 spiro atoms. The highest BCUT2D eigenvalue weighted by atomic mass is 79.9. The van der Waals surface area contributed by atoms with E-state index in [-0.39, 0.29) is 11.2 Å². The molecule has 0 aromatic heterocycles. The number of allylic oxidation sites excluding steroid dienone is 5. The van der Waals surface area contributed by atoms with Crippen molar-refractivity contribution in [2.45, 2.75) is 12.5 Å². The maximum atomic E-state index is 11.3. The van der Waals surface area contributed by atoms with Gasteiger partial charge in [0.2, 0.25) is 0 Å². The number of aliphatic hydroxyl groups excluding tert-OH is 1. The van der Waals surface area contributed by atoms with Gasteiger partial charge in [-0.1, -0.05) is 58.4 Å². The monoisotopic (exact) mass is 316 g/mol. The van der Waals surface area contributed by atoms with Crippen molar-refractivity contribution in [2.24, 2.45) is 5.41 Å². The highest BCUT2D eigenvalue weighted by Gasteiger charge is 2.42. The number of benzene rings is 1. The molecule has 1 unspecified atom stereocenters. The van der Waals surface area contributed by atoms with Crippen molar-refractivity contribution in [3.63, 3.8) is 0 Å². The fourth-order valence-electron chi connectivity index (χ4n) is 2.79. The van der Waals surface area contributed by atoms with Crippen LogP contribution in [0.15, 0.2) is 59.1 Å². The quantitative estimate of drug-likeness (QED) is 0.863. The maximum Gasteiger partial charge on any atom is 0.178 e. The Morgan fingerprint density at radius 3 is 2.42 bits per heavy atom. The van der Waals surface area contributed by atoms with Gasteiger partial charge < -0.3 is 5.11 Å². The van der Waals surface area contributed by atoms with Gasteiger partial charge in [-0.3, -0.25) is 4.79 Å². The Hall–Kier alpha value is -1.45. The Morgan fingerprint density at radius 2 is 1.79 bits per heavy atom. The predicted molar refractivity (Wildman–Crippen MR) is 78.6 cm³/mol. The molecule has 2 aliphatic carbocycles. The largest absolute Gasteiger partial charge is 0.388 e. The molecule has 0 radical (unpaired) electrons. The highest BCUT2D eigenvalue weighted by Crippen LogP contribution is 2.53. The molecule has 0 saturated carbocycles. The fourth-order valence-corrected chi connectivity index (χ4v) is 3.55. The number of hydrogen-bond acceptors (Lipinski definition) is 2. The Balaban J connectivity index is 2.15. The van der Waals surface area contributed by atoms with Crippen molar-refractivity contribution in [2.75, 3.05) is 0 Å². The van der Waals surface area contributed by atoms with Gasteiger partial charge in [0.25, 0.3) is 0 Å². The third-order valence-corrected chi connectivity index (χ3v) is 4.61. The van der Waals surface area contributed by atoms with Crippen LogP contribution in [0.2, 0.25) is 0 Å². The van der Waals surface area contributed by atoms with Crippen molar-refractivity contribution < 1.29 is 9.90 Å². The van der Waals surface area contributed by atoms with E-state index in [0.29, 0.717) is 6.42 Å². The van der Waals surface area contributed by atoms with Crippen molar-refractivity contribution in [3.05, 3.63) is 64.7 Å². The summed E-state index contributed by atoms with van der Waals surface area (Å²) in [6, 6.07) is 9.96. The van der Waals surface area contributed by atoms with Gasteiger partial charge in [-0.25, -0.2) is 0 Å². The molecule has 0 heterocycles. The first-order valence-corrected chi connectivity index (χ1v) is 6.98. The lowest BCUT2D eigenvalue weighted by Crippen LogP contribution is -2.19. The third kappa shape index (κ3) is 2.03. The average Bonchev–Trinajstić information content (AvgIpc) is 2.66. The molecule has 96 valence electrons. The summed E-state index contributed by atoms with van der Waals surface area (Å²) in [6.07, 6.45) is 7.00. The lowest BCUT2D eigenvalue weighted by atomic mass is 9.75.